The number of hydrogen-bond donors (Lipinski definition) is 1. The number of nitrogens with zero attached hydrogens (tertiary/aromatic N) is 2. The minimum absolute atomic E-state index is 0.720. The van der Waals surface area contributed by atoms with Crippen molar-refractivity contribution in [3.8, 4) is 0 Å². The summed E-state index contributed by atoms with van der Waals surface area (Å²) in [5, 5.41) is 12.1. The van der Waals surface area contributed by atoms with Gasteiger partial charge in [0.05, 0.1) is 0 Å². The zero-order valence-electron chi connectivity index (χ0n) is 9.30. The fourth-order valence-electron chi connectivity index (χ4n) is 1.22. The average molecular weight is 263 g/mol. The fraction of sp³-hybridized carbons (Fsp3) is 0.167. The summed E-state index contributed by atoms with van der Waals surface area (Å²) in [6.45, 7) is 4.37. The van der Waals surface area contributed by atoms with Crippen molar-refractivity contribution in [1.82, 2.24) is 10.2 Å². The Kier molecular flexibility index (Phi) is 4.58. The second-order valence-electron chi connectivity index (χ2n) is 3.32. The minimum Gasteiger partial charge on any atom is -0.357 e. The normalized spacial score (nSPS) is 10.1. The van der Waals surface area contributed by atoms with E-state index in [4.69, 9.17) is 0 Å². The lowest BCUT2D eigenvalue weighted by Gasteiger charge is -1.96. The summed E-state index contributed by atoms with van der Waals surface area (Å²) < 4.78 is 0.986. The molecule has 0 fully saturated rings. The summed E-state index contributed by atoms with van der Waals surface area (Å²) in [5.74, 6) is 0.928. The molecule has 2 aromatic rings. The van der Waals surface area contributed by atoms with Crippen LogP contribution in [0, 0.1) is 0 Å². The maximum Gasteiger partial charge on any atom is 0.206 e. The Labute approximate surface area is 109 Å². The highest BCUT2D eigenvalue weighted by molar-refractivity contribution is 8.00. The summed E-state index contributed by atoms with van der Waals surface area (Å²) in [4.78, 5) is 0. The van der Waals surface area contributed by atoms with E-state index in [0.29, 0.717) is 0 Å². The summed E-state index contributed by atoms with van der Waals surface area (Å²) >= 11 is 3.28. The molecule has 0 radical (unpaired) electrons. The SMILES string of the molecule is C=CCNc1nnc(SCc2ccccc2)s1. The van der Waals surface area contributed by atoms with Gasteiger partial charge in [-0.05, 0) is 5.56 Å². The predicted octanol–water partition coefficient (Wildman–Crippen LogP) is 3.43. The largest absolute Gasteiger partial charge is 0.357 e. The van der Waals surface area contributed by atoms with E-state index in [-0.39, 0.29) is 0 Å². The van der Waals surface area contributed by atoms with E-state index in [1.54, 1.807) is 29.2 Å². The van der Waals surface area contributed by atoms with Crippen LogP contribution in [0.3, 0.4) is 0 Å². The molecule has 17 heavy (non-hydrogen) atoms. The maximum absolute atomic E-state index is 4.12. The van der Waals surface area contributed by atoms with E-state index in [9.17, 15) is 0 Å². The molecule has 0 unspecified atom stereocenters. The standard InChI is InChI=1S/C12H13N3S2/c1-2-8-13-11-14-15-12(17-11)16-9-10-6-4-3-5-7-10/h2-7H,1,8-9H2,(H,13,14). The number of benzene rings is 1. The molecule has 0 saturated carbocycles. The van der Waals surface area contributed by atoms with Gasteiger partial charge in [-0.15, -0.1) is 16.8 Å². The van der Waals surface area contributed by atoms with Crippen molar-refractivity contribution < 1.29 is 0 Å². The molecule has 0 aliphatic carbocycles. The van der Waals surface area contributed by atoms with Crippen molar-refractivity contribution in [1.29, 1.82) is 0 Å². The molecule has 0 aliphatic rings. The van der Waals surface area contributed by atoms with Gasteiger partial charge >= 0.3 is 0 Å². The van der Waals surface area contributed by atoms with Gasteiger partial charge in [0.2, 0.25) is 5.13 Å². The van der Waals surface area contributed by atoms with E-state index in [1.165, 1.54) is 5.56 Å². The smallest absolute Gasteiger partial charge is 0.206 e. The van der Waals surface area contributed by atoms with Gasteiger partial charge in [-0.1, -0.05) is 59.5 Å². The lowest BCUT2D eigenvalue weighted by molar-refractivity contribution is 1.01. The highest BCUT2D eigenvalue weighted by Crippen LogP contribution is 2.27. The van der Waals surface area contributed by atoms with Crippen LogP contribution in [0.25, 0.3) is 0 Å². The second kappa shape index (κ2) is 6.42. The van der Waals surface area contributed by atoms with Crippen molar-refractivity contribution in [3.63, 3.8) is 0 Å². The van der Waals surface area contributed by atoms with Gasteiger partial charge in [0.15, 0.2) is 4.34 Å². The molecular formula is C12H13N3S2. The van der Waals surface area contributed by atoms with Gasteiger partial charge in [0.1, 0.15) is 0 Å². The zero-order chi connectivity index (χ0) is 11.9. The van der Waals surface area contributed by atoms with Crippen LogP contribution in [0.4, 0.5) is 5.13 Å². The summed E-state index contributed by atoms with van der Waals surface area (Å²) in [5.41, 5.74) is 1.30. The number of thioether (sulfide) groups is 1. The molecule has 88 valence electrons. The Bertz CT molecular complexity index is 468. The summed E-state index contributed by atoms with van der Waals surface area (Å²) in [6.07, 6.45) is 1.80. The highest BCUT2D eigenvalue weighted by atomic mass is 32.2. The van der Waals surface area contributed by atoms with Gasteiger partial charge in [-0.3, -0.25) is 0 Å². The average Bonchev–Trinajstić information content (AvgIpc) is 2.83. The summed E-state index contributed by atoms with van der Waals surface area (Å²) in [7, 11) is 0. The first-order valence-electron chi connectivity index (χ1n) is 5.23. The summed E-state index contributed by atoms with van der Waals surface area (Å²) in [6, 6.07) is 10.4. The number of hydrogen-bond acceptors (Lipinski definition) is 5. The lowest BCUT2D eigenvalue weighted by atomic mass is 10.2. The molecule has 0 spiro atoms. The quantitative estimate of drug-likeness (QED) is 0.640. The third-order valence-electron chi connectivity index (χ3n) is 2.01. The van der Waals surface area contributed by atoms with Crippen LogP contribution in [0.1, 0.15) is 5.56 Å². The Morgan fingerprint density at radius 1 is 1.29 bits per heavy atom. The Morgan fingerprint density at radius 3 is 2.88 bits per heavy atom. The van der Waals surface area contributed by atoms with Crippen LogP contribution in [0.15, 0.2) is 47.3 Å². The third-order valence-corrected chi connectivity index (χ3v) is 4.09. The molecule has 0 bridgehead atoms. The van der Waals surface area contributed by atoms with Crippen LogP contribution in [-0.2, 0) is 5.75 Å². The van der Waals surface area contributed by atoms with E-state index >= 15 is 0 Å². The monoisotopic (exact) mass is 263 g/mol. The molecule has 2 rings (SSSR count). The first-order valence-corrected chi connectivity index (χ1v) is 7.03. The zero-order valence-corrected chi connectivity index (χ0v) is 10.9. The van der Waals surface area contributed by atoms with Gasteiger partial charge in [-0.2, -0.15) is 0 Å². The van der Waals surface area contributed by atoms with Gasteiger partial charge < -0.3 is 5.32 Å². The minimum atomic E-state index is 0.720. The van der Waals surface area contributed by atoms with E-state index in [0.717, 1.165) is 21.8 Å². The molecule has 0 aliphatic heterocycles. The van der Waals surface area contributed by atoms with Gasteiger partial charge in [-0.25, -0.2) is 0 Å². The number of nitrogens with one attached hydrogen (secondary N) is 1. The van der Waals surface area contributed by atoms with Crippen LogP contribution in [0.5, 0.6) is 0 Å². The van der Waals surface area contributed by atoms with Crippen LogP contribution in [-0.4, -0.2) is 16.7 Å². The van der Waals surface area contributed by atoms with E-state index in [1.807, 2.05) is 18.2 Å². The van der Waals surface area contributed by atoms with Crippen molar-refractivity contribution in [3.05, 3.63) is 48.6 Å². The number of rotatable bonds is 6. The molecule has 1 aromatic heterocycles. The molecule has 0 saturated heterocycles. The molecule has 5 heteroatoms. The molecule has 0 amide bonds. The fourth-order valence-corrected chi connectivity index (χ4v) is 2.93. The van der Waals surface area contributed by atoms with Crippen LogP contribution < -0.4 is 5.32 Å². The lowest BCUT2D eigenvalue weighted by Crippen LogP contribution is -1.96. The van der Waals surface area contributed by atoms with Crippen LogP contribution >= 0.6 is 23.1 Å². The van der Waals surface area contributed by atoms with Crippen molar-refractivity contribution >= 4 is 28.2 Å². The molecule has 3 nitrogen and oxygen atoms in total. The Balaban J connectivity index is 1.87. The molecule has 0 atom stereocenters. The van der Waals surface area contributed by atoms with Crippen LogP contribution in [0.2, 0.25) is 0 Å². The maximum atomic E-state index is 4.12. The Morgan fingerprint density at radius 2 is 2.12 bits per heavy atom. The number of aromatic nitrogens is 2. The van der Waals surface area contributed by atoms with Crippen molar-refractivity contribution in [2.75, 3.05) is 11.9 Å². The Hall–Kier alpha value is -1.33. The van der Waals surface area contributed by atoms with Crippen molar-refractivity contribution in [2.24, 2.45) is 0 Å². The topological polar surface area (TPSA) is 37.8 Å². The van der Waals surface area contributed by atoms with Gasteiger partial charge in [0.25, 0.3) is 0 Å². The van der Waals surface area contributed by atoms with E-state index < -0.39 is 0 Å². The first kappa shape index (κ1) is 12.1. The molecular weight excluding hydrogens is 250 g/mol. The highest BCUT2D eigenvalue weighted by Gasteiger charge is 2.03. The van der Waals surface area contributed by atoms with E-state index in [2.05, 4.69) is 34.2 Å². The predicted molar refractivity (Wildman–Crippen MR) is 74.6 cm³/mol. The van der Waals surface area contributed by atoms with Gasteiger partial charge in [0, 0.05) is 12.3 Å². The molecule has 1 heterocycles. The van der Waals surface area contributed by atoms with Crippen molar-refractivity contribution in [2.45, 2.75) is 10.1 Å². The molecule has 1 N–H and O–H groups in total. The first-order chi connectivity index (χ1) is 8.38. The third kappa shape index (κ3) is 3.87. The number of anilines is 1. The molecule has 1 aromatic carbocycles. The second-order valence-corrected chi connectivity index (χ2v) is 5.52.